The van der Waals surface area contributed by atoms with Crippen LogP contribution in [0, 0.1) is 13.8 Å². The number of benzene rings is 2. The minimum atomic E-state index is -0.588. The molecule has 188 valence electrons. The fraction of sp³-hybridized carbons (Fsp3) is 0.517. The number of nitrogens with one attached hydrogen (secondary N) is 1. The molecule has 4 rings (SSSR count). The molecule has 0 aromatic heterocycles. The quantitative estimate of drug-likeness (QED) is 0.412. The number of quaternary nitrogens is 1. The number of aryl methyl sites for hydroxylation is 2. The van der Waals surface area contributed by atoms with Gasteiger partial charge >= 0.3 is 5.97 Å². The van der Waals surface area contributed by atoms with Gasteiger partial charge in [0.1, 0.15) is 12.4 Å². The summed E-state index contributed by atoms with van der Waals surface area (Å²) in [4.78, 5) is 27.2. The molecular weight excluding hydrogens is 440 g/mol. The maximum Gasteiger partial charge on any atom is 0.362 e. The number of esters is 1. The molecule has 2 aliphatic rings. The number of ether oxygens (including phenoxy) is 2. The van der Waals surface area contributed by atoms with E-state index in [-0.39, 0.29) is 25.0 Å². The number of amides is 1. The van der Waals surface area contributed by atoms with Gasteiger partial charge in [-0.1, -0.05) is 30.3 Å². The third-order valence-corrected chi connectivity index (χ3v) is 8.09. The van der Waals surface area contributed by atoms with Crippen molar-refractivity contribution < 1.29 is 23.5 Å². The van der Waals surface area contributed by atoms with Crippen molar-refractivity contribution in [3.8, 4) is 5.75 Å². The van der Waals surface area contributed by atoms with Crippen LogP contribution in [0.25, 0.3) is 0 Å². The van der Waals surface area contributed by atoms with Crippen LogP contribution in [-0.4, -0.2) is 48.6 Å². The summed E-state index contributed by atoms with van der Waals surface area (Å²) in [5.41, 5.74) is 3.20. The second-order valence-corrected chi connectivity index (χ2v) is 10.3. The number of anilines is 1. The van der Waals surface area contributed by atoms with Gasteiger partial charge in [-0.15, -0.1) is 0 Å². The van der Waals surface area contributed by atoms with E-state index in [0.29, 0.717) is 4.48 Å². The number of rotatable bonds is 8. The number of hydrogen-bond donors (Lipinski definition) is 1. The lowest BCUT2D eigenvalue weighted by Crippen LogP contribution is -2.74. The van der Waals surface area contributed by atoms with E-state index in [0.717, 1.165) is 86.2 Å². The molecule has 1 N–H and O–H groups in total. The van der Waals surface area contributed by atoms with E-state index < -0.39 is 5.54 Å². The molecule has 6 nitrogen and oxygen atoms in total. The number of hydrogen-bond acceptors (Lipinski definition) is 4. The summed E-state index contributed by atoms with van der Waals surface area (Å²) in [7, 11) is 1.65. The Morgan fingerprint density at radius 1 is 0.943 bits per heavy atom. The normalized spacial score (nSPS) is 18.6. The SMILES string of the molecule is COc1cc(C)c(NC(=O)C2([N+]3(CC(=O)OCc4ccccc4)CCCCCC3)CCC2)c(C)c1. The van der Waals surface area contributed by atoms with Crippen LogP contribution in [0.4, 0.5) is 5.69 Å². The Hall–Kier alpha value is -2.86. The van der Waals surface area contributed by atoms with Crippen molar-refractivity contribution in [2.75, 3.05) is 32.1 Å². The van der Waals surface area contributed by atoms with E-state index in [1.54, 1.807) is 7.11 Å². The van der Waals surface area contributed by atoms with Crippen LogP contribution in [-0.2, 0) is 20.9 Å². The van der Waals surface area contributed by atoms with Crippen LogP contribution in [0.2, 0.25) is 0 Å². The zero-order valence-electron chi connectivity index (χ0n) is 21.4. The number of carbonyl (C=O) groups is 2. The van der Waals surface area contributed by atoms with E-state index in [2.05, 4.69) is 5.32 Å². The monoisotopic (exact) mass is 479 g/mol. The van der Waals surface area contributed by atoms with E-state index in [1.807, 2.05) is 56.3 Å². The largest absolute Gasteiger partial charge is 0.497 e. The maximum absolute atomic E-state index is 14.0. The molecule has 0 radical (unpaired) electrons. The number of carbonyl (C=O) groups excluding carboxylic acids is 2. The van der Waals surface area contributed by atoms with Crippen molar-refractivity contribution in [3.63, 3.8) is 0 Å². The van der Waals surface area contributed by atoms with E-state index in [1.165, 1.54) is 0 Å². The minimum absolute atomic E-state index is 0.0397. The standard InChI is InChI=1S/C29H38N2O4/c1-22-18-25(34-3)19-23(2)27(22)30-28(33)29(14-11-15-29)31(16-9-4-5-10-17-31)20-26(32)35-21-24-12-7-6-8-13-24/h6-8,12-13,18-19H,4-5,9-11,14-17,20-21H2,1-3H3/p+1. The van der Waals surface area contributed by atoms with Crippen LogP contribution in [0.3, 0.4) is 0 Å². The van der Waals surface area contributed by atoms with Crippen molar-refractivity contribution in [2.45, 2.75) is 70.9 Å². The molecule has 1 saturated carbocycles. The Bertz CT molecular complexity index is 1010. The van der Waals surface area contributed by atoms with Crippen LogP contribution >= 0.6 is 0 Å². The van der Waals surface area contributed by atoms with Crippen molar-refractivity contribution in [2.24, 2.45) is 0 Å². The molecule has 2 aromatic carbocycles. The first-order valence-electron chi connectivity index (χ1n) is 12.9. The lowest BCUT2D eigenvalue weighted by Gasteiger charge is -2.55. The topological polar surface area (TPSA) is 64.6 Å². The molecule has 1 aliphatic heterocycles. The summed E-state index contributed by atoms with van der Waals surface area (Å²) >= 11 is 0. The van der Waals surface area contributed by atoms with Crippen molar-refractivity contribution in [1.29, 1.82) is 0 Å². The van der Waals surface area contributed by atoms with Gasteiger partial charge < -0.3 is 19.3 Å². The molecule has 1 amide bonds. The van der Waals surface area contributed by atoms with Crippen molar-refractivity contribution in [3.05, 3.63) is 59.2 Å². The summed E-state index contributed by atoms with van der Waals surface area (Å²) in [6.45, 7) is 6.19. The predicted octanol–water partition coefficient (Wildman–Crippen LogP) is 5.31. The van der Waals surface area contributed by atoms with Crippen molar-refractivity contribution >= 4 is 17.6 Å². The Morgan fingerprint density at radius 3 is 2.11 bits per heavy atom. The van der Waals surface area contributed by atoms with Gasteiger partial charge in [0.2, 0.25) is 0 Å². The smallest absolute Gasteiger partial charge is 0.362 e. The van der Waals surface area contributed by atoms with Gasteiger partial charge in [0.05, 0.1) is 20.2 Å². The Morgan fingerprint density at radius 2 is 1.57 bits per heavy atom. The van der Waals surface area contributed by atoms with Gasteiger partial charge in [0.15, 0.2) is 12.1 Å². The van der Waals surface area contributed by atoms with Crippen molar-refractivity contribution in [1.82, 2.24) is 0 Å². The molecule has 2 aromatic rings. The first kappa shape index (κ1) is 25.2. The van der Waals surface area contributed by atoms with E-state index >= 15 is 0 Å². The molecule has 35 heavy (non-hydrogen) atoms. The second kappa shape index (κ2) is 10.8. The van der Waals surface area contributed by atoms with Crippen LogP contribution in [0.1, 0.15) is 61.6 Å². The lowest BCUT2D eigenvalue weighted by atomic mass is 9.71. The Labute approximate surface area is 209 Å². The fourth-order valence-corrected chi connectivity index (χ4v) is 5.96. The molecule has 1 heterocycles. The average Bonchev–Trinajstić information content (AvgIpc) is 3.06. The summed E-state index contributed by atoms with van der Waals surface area (Å²) in [5, 5.41) is 3.28. The zero-order valence-corrected chi connectivity index (χ0v) is 21.4. The van der Waals surface area contributed by atoms with Crippen LogP contribution < -0.4 is 10.1 Å². The van der Waals surface area contributed by atoms with E-state index in [9.17, 15) is 9.59 Å². The second-order valence-electron chi connectivity index (χ2n) is 10.3. The highest BCUT2D eigenvalue weighted by Crippen LogP contribution is 2.46. The molecule has 0 spiro atoms. The average molecular weight is 480 g/mol. The van der Waals surface area contributed by atoms with Crippen LogP contribution in [0.5, 0.6) is 5.75 Å². The Balaban J connectivity index is 1.58. The van der Waals surface area contributed by atoms with Gasteiger partial charge in [-0.2, -0.15) is 0 Å². The summed E-state index contributed by atoms with van der Waals surface area (Å²) < 4.78 is 11.6. The summed E-state index contributed by atoms with van der Waals surface area (Å²) in [5.74, 6) is 0.609. The molecule has 0 bridgehead atoms. The molecule has 1 saturated heterocycles. The number of nitrogens with zero attached hydrogens (tertiary/aromatic N) is 1. The molecule has 1 aliphatic carbocycles. The van der Waals surface area contributed by atoms with Gasteiger partial charge in [-0.25, -0.2) is 4.79 Å². The fourth-order valence-electron chi connectivity index (χ4n) is 5.96. The third-order valence-electron chi connectivity index (χ3n) is 8.09. The van der Waals surface area contributed by atoms with Gasteiger partial charge in [-0.3, -0.25) is 4.79 Å². The Kier molecular flexibility index (Phi) is 7.80. The summed E-state index contributed by atoms with van der Waals surface area (Å²) in [6.07, 6.45) is 6.97. The minimum Gasteiger partial charge on any atom is -0.497 e. The highest BCUT2D eigenvalue weighted by molar-refractivity contribution is 5.99. The van der Waals surface area contributed by atoms with Gasteiger partial charge in [0, 0.05) is 18.5 Å². The predicted molar refractivity (Wildman–Crippen MR) is 137 cm³/mol. The molecular formula is C29H39N2O4+. The molecule has 2 fully saturated rings. The van der Waals surface area contributed by atoms with E-state index in [4.69, 9.17) is 9.47 Å². The number of methoxy groups -OCH3 is 1. The van der Waals surface area contributed by atoms with Gasteiger partial charge in [0.25, 0.3) is 5.91 Å². The highest BCUT2D eigenvalue weighted by atomic mass is 16.5. The zero-order chi connectivity index (χ0) is 24.9. The third kappa shape index (κ3) is 5.22. The number of likely N-dealkylation sites (tertiary alicyclic amines) is 1. The first-order valence-corrected chi connectivity index (χ1v) is 12.9. The van der Waals surface area contributed by atoms with Crippen LogP contribution in [0.15, 0.2) is 42.5 Å². The molecule has 0 atom stereocenters. The van der Waals surface area contributed by atoms with Gasteiger partial charge in [-0.05, 0) is 74.8 Å². The lowest BCUT2D eigenvalue weighted by molar-refractivity contribution is -0.965. The maximum atomic E-state index is 14.0. The summed E-state index contributed by atoms with van der Waals surface area (Å²) in [6, 6.07) is 13.7. The first-order chi connectivity index (χ1) is 16.9. The highest BCUT2D eigenvalue weighted by Gasteiger charge is 2.61. The molecule has 6 heteroatoms. The molecule has 0 unspecified atom stereocenters.